The zero-order chi connectivity index (χ0) is 14.0. The smallest absolute Gasteiger partial charge is 0.307 e. The Balaban J connectivity index is 2.25. The van der Waals surface area contributed by atoms with Crippen molar-refractivity contribution in [2.75, 3.05) is 27.8 Å². The highest BCUT2D eigenvalue weighted by Crippen LogP contribution is 2.38. The summed E-state index contributed by atoms with van der Waals surface area (Å²) in [5.41, 5.74) is 1.06. The Bertz CT molecular complexity index is 475. The van der Waals surface area contributed by atoms with Crippen molar-refractivity contribution in [3.8, 4) is 11.5 Å². The first kappa shape index (κ1) is 13.7. The van der Waals surface area contributed by atoms with Crippen LogP contribution in [0.15, 0.2) is 18.2 Å². The van der Waals surface area contributed by atoms with Crippen LogP contribution in [0.4, 0.5) is 0 Å². The number of hydrogen-bond donors (Lipinski definition) is 1. The van der Waals surface area contributed by atoms with Gasteiger partial charge < -0.3 is 14.6 Å². The second-order valence-electron chi connectivity index (χ2n) is 4.84. The number of ether oxygens (including phenoxy) is 2. The summed E-state index contributed by atoms with van der Waals surface area (Å²) in [5.74, 6) is 0.326. The Labute approximate surface area is 112 Å². The maximum atomic E-state index is 11.1. The van der Waals surface area contributed by atoms with Gasteiger partial charge in [0.2, 0.25) is 0 Å². The quantitative estimate of drug-likeness (QED) is 0.899. The van der Waals surface area contributed by atoms with Crippen LogP contribution < -0.4 is 9.47 Å². The lowest BCUT2D eigenvalue weighted by molar-refractivity contribution is -0.141. The normalized spacial score (nSPS) is 23.3. The van der Waals surface area contributed by atoms with E-state index in [-0.39, 0.29) is 12.0 Å². The zero-order valence-electron chi connectivity index (χ0n) is 11.4. The Morgan fingerprint density at radius 3 is 2.53 bits per heavy atom. The fourth-order valence-corrected chi connectivity index (χ4v) is 2.63. The average molecular weight is 265 g/mol. The van der Waals surface area contributed by atoms with E-state index in [1.165, 1.54) is 0 Å². The summed E-state index contributed by atoms with van der Waals surface area (Å²) >= 11 is 0. The van der Waals surface area contributed by atoms with Gasteiger partial charge in [-0.1, -0.05) is 6.07 Å². The van der Waals surface area contributed by atoms with E-state index in [0.29, 0.717) is 24.5 Å². The highest BCUT2D eigenvalue weighted by atomic mass is 16.5. The molecule has 1 aliphatic rings. The van der Waals surface area contributed by atoms with Crippen LogP contribution in [-0.2, 0) is 4.79 Å². The highest BCUT2D eigenvalue weighted by Gasteiger charge is 2.34. The lowest BCUT2D eigenvalue weighted by Crippen LogP contribution is -2.20. The van der Waals surface area contributed by atoms with E-state index < -0.39 is 5.97 Å². The number of benzene rings is 1. The molecule has 0 aromatic heterocycles. The number of carbonyl (C=O) groups is 1. The monoisotopic (exact) mass is 265 g/mol. The molecule has 2 atom stereocenters. The van der Waals surface area contributed by atoms with E-state index in [1.54, 1.807) is 14.2 Å². The van der Waals surface area contributed by atoms with Crippen LogP contribution in [0, 0.1) is 5.92 Å². The summed E-state index contributed by atoms with van der Waals surface area (Å²) in [6, 6.07) is 5.86. The van der Waals surface area contributed by atoms with Gasteiger partial charge in [-0.2, -0.15) is 0 Å². The van der Waals surface area contributed by atoms with E-state index >= 15 is 0 Å². The molecule has 1 N–H and O–H groups in total. The molecule has 0 bridgehead atoms. The number of hydrogen-bond acceptors (Lipinski definition) is 4. The van der Waals surface area contributed by atoms with Gasteiger partial charge in [0.05, 0.1) is 20.1 Å². The molecular formula is C14H19NO4. The largest absolute Gasteiger partial charge is 0.493 e. The highest BCUT2D eigenvalue weighted by molar-refractivity contribution is 5.70. The van der Waals surface area contributed by atoms with Gasteiger partial charge in [-0.25, -0.2) is 0 Å². The molecule has 19 heavy (non-hydrogen) atoms. The van der Waals surface area contributed by atoms with Gasteiger partial charge in [0.25, 0.3) is 0 Å². The molecule has 5 nitrogen and oxygen atoms in total. The number of carboxylic acids is 1. The molecule has 2 rings (SSSR count). The topological polar surface area (TPSA) is 59.0 Å². The second kappa shape index (κ2) is 5.48. The molecule has 1 heterocycles. The maximum absolute atomic E-state index is 11.1. The molecule has 104 valence electrons. The predicted molar refractivity (Wildman–Crippen MR) is 70.7 cm³/mol. The van der Waals surface area contributed by atoms with Crippen molar-refractivity contribution in [3.63, 3.8) is 0 Å². The molecule has 0 aliphatic carbocycles. The molecular weight excluding hydrogens is 246 g/mol. The Morgan fingerprint density at radius 2 is 2.00 bits per heavy atom. The van der Waals surface area contributed by atoms with Crippen LogP contribution in [-0.4, -0.2) is 43.8 Å². The Morgan fingerprint density at radius 1 is 1.32 bits per heavy atom. The van der Waals surface area contributed by atoms with Crippen LogP contribution in [0.5, 0.6) is 11.5 Å². The molecule has 1 aromatic rings. The third kappa shape index (κ3) is 2.66. The number of likely N-dealkylation sites (tertiary alicyclic amines) is 1. The number of carboxylic acid groups (broad SMARTS) is 1. The van der Waals surface area contributed by atoms with Crippen molar-refractivity contribution in [2.45, 2.75) is 12.5 Å². The van der Waals surface area contributed by atoms with E-state index in [0.717, 1.165) is 5.56 Å². The summed E-state index contributed by atoms with van der Waals surface area (Å²) in [4.78, 5) is 13.1. The first-order valence-electron chi connectivity index (χ1n) is 6.21. The molecule has 0 amide bonds. The van der Waals surface area contributed by atoms with Crippen LogP contribution in [0.2, 0.25) is 0 Å². The van der Waals surface area contributed by atoms with E-state index in [4.69, 9.17) is 14.6 Å². The summed E-state index contributed by atoms with van der Waals surface area (Å²) in [6.07, 6.45) is 0.626. The maximum Gasteiger partial charge on any atom is 0.307 e. The van der Waals surface area contributed by atoms with Gasteiger partial charge in [0.1, 0.15) is 0 Å². The van der Waals surface area contributed by atoms with E-state index in [2.05, 4.69) is 4.90 Å². The minimum Gasteiger partial charge on any atom is -0.493 e. The third-order valence-corrected chi connectivity index (χ3v) is 3.69. The lowest BCUT2D eigenvalue weighted by atomic mass is 9.99. The van der Waals surface area contributed by atoms with Gasteiger partial charge in [0, 0.05) is 12.6 Å². The first-order valence-corrected chi connectivity index (χ1v) is 6.21. The molecule has 0 spiro atoms. The fraction of sp³-hybridized carbons (Fsp3) is 0.500. The minimum absolute atomic E-state index is 0.112. The van der Waals surface area contributed by atoms with E-state index in [1.807, 2.05) is 25.2 Å². The molecule has 0 unspecified atom stereocenters. The Kier molecular flexibility index (Phi) is 3.95. The van der Waals surface area contributed by atoms with Crippen LogP contribution in [0.25, 0.3) is 0 Å². The van der Waals surface area contributed by atoms with Crippen molar-refractivity contribution in [2.24, 2.45) is 5.92 Å². The van der Waals surface area contributed by atoms with Gasteiger partial charge in [0.15, 0.2) is 11.5 Å². The molecule has 1 fully saturated rings. The van der Waals surface area contributed by atoms with Crippen molar-refractivity contribution < 1.29 is 19.4 Å². The van der Waals surface area contributed by atoms with Gasteiger partial charge in [-0.3, -0.25) is 9.69 Å². The predicted octanol–water partition coefficient (Wildman–Crippen LogP) is 1.78. The van der Waals surface area contributed by atoms with Crippen molar-refractivity contribution in [1.29, 1.82) is 0 Å². The van der Waals surface area contributed by atoms with E-state index in [9.17, 15) is 4.79 Å². The summed E-state index contributed by atoms with van der Waals surface area (Å²) in [5, 5.41) is 9.11. The standard InChI is InChI=1S/C14H19NO4/c1-15-8-10(14(16)17)6-11(15)9-4-5-12(18-2)13(7-9)19-3/h4-5,7,10-11H,6,8H2,1-3H3,(H,16,17)/t10-,11-/m1/s1. The molecule has 1 saturated heterocycles. The molecule has 1 aliphatic heterocycles. The van der Waals surface area contributed by atoms with Gasteiger partial charge in [-0.05, 0) is 31.2 Å². The number of nitrogens with zero attached hydrogens (tertiary/aromatic N) is 1. The minimum atomic E-state index is -0.727. The second-order valence-corrected chi connectivity index (χ2v) is 4.84. The lowest BCUT2D eigenvalue weighted by Gasteiger charge is -2.20. The molecule has 1 aromatic carbocycles. The van der Waals surface area contributed by atoms with Crippen molar-refractivity contribution >= 4 is 5.97 Å². The number of methoxy groups -OCH3 is 2. The van der Waals surface area contributed by atoms with Gasteiger partial charge >= 0.3 is 5.97 Å². The summed E-state index contributed by atoms with van der Waals surface area (Å²) in [7, 11) is 5.14. The molecule has 0 saturated carbocycles. The third-order valence-electron chi connectivity index (χ3n) is 3.69. The first-order chi connectivity index (χ1) is 9.06. The van der Waals surface area contributed by atoms with Crippen LogP contribution in [0.3, 0.4) is 0 Å². The molecule has 0 radical (unpaired) electrons. The number of rotatable bonds is 4. The van der Waals surface area contributed by atoms with Crippen molar-refractivity contribution in [3.05, 3.63) is 23.8 Å². The molecule has 5 heteroatoms. The summed E-state index contributed by atoms with van der Waals surface area (Å²) < 4.78 is 10.5. The summed E-state index contributed by atoms with van der Waals surface area (Å²) in [6.45, 7) is 0.578. The van der Waals surface area contributed by atoms with Crippen LogP contribution >= 0.6 is 0 Å². The van der Waals surface area contributed by atoms with Gasteiger partial charge in [-0.15, -0.1) is 0 Å². The fourth-order valence-electron chi connectivity index (χ4n) is 2.63. The average Bonchev–Trinajstić information content (AvgIpc) is 2.80. The zero-order valence-corrected chi connectivity index (χ0v) is 11.4. The SMILES string of the molecule is COc1ccc([C@H]2C[C@@H](C(=O)O)CN2C)cc1OC. The Hall–Kier alpha value is -1.75. The van der Waals surface area contributed by atoms with Crippen molar-refractivity contribution in [1.82, 2.24) is 4.90 Å². The van der Waals surface area contributed by atoms with Crippen LogP contribution in [0.1, 0.15) is 18.0 Å². The number of aliphatic carboxylic acids is 1.